The van der Waals surface area contributed by atoms with Gasteiger partial charge in [-0.3, -0.25) is 24.2 Å². The van der Waals surface area contributed by atoms with Crippen molar-refractivity contribution in [2.75, 3.05) is 18.6 Å². The van der Waals surface area contributed by atoms with Crippen molar-refractivity contribution in [3.8, 4) is 0 Å². The molecule has 16 nitrogen and oxygen atoms in total. The average molecular weight is 572 g/mol. The number of hydrogen-bond donors (Lipinski definition) is 9. The molecule has 4 unspecified atom stereocenters. The summed E-state index contributed by atoms with van der Waals surface area (Å²) in [5, 5.41) is 25.9. The monoisotopic (exact) mass is 571 g/mol. The lowest BCUT2D eigenvalue weighted by molar-refractivity contribution is -0.142. The molecule has 1 rings (SSSR count). The summed E-state index contributed by atoms with van der Waals surface area (Å²) in [6, 6.07) is -4.81. The van der Waals surface area contributed by atoms with E-state index in [0.717, 1.165) is 0 Å². The quantitative estimate of drug-likeness (QED) is 0.0473. The minimum Gasteiger partial charge on any atom is -0.481 e. The van der Waals surface area contributed by atoms with E-state index in [0.29, 0.717) is 17.9 Å². The van der Waals surface area contributed by atoms with Crippen LogP contribution in [0.3, 0.4) is 0 Å². The third kappa shape index (κ3) is 13.5. The average Bonchev–Trinajstić information content (AvgIpc) is 3.38. The van der Waals surface area contributed by atoms with E-state index in [2.05, 4.69) is 30.9 Å². The van der Waals surface area contributed by atoms with Crippen molar-refractivity contribution in [1.29, 1.82) is 0 Å². The number of nitrogens with zero attached hydrogens (tertiary/aromatic N) is 2. The first-order valence-corrected chi connectivity index (χ1v) is 13.5. The van der Waals surface area contributed by atoms with Crippen LogP contribution in [0.5, 0.6) is 0 Å². The van der Waals surface area contributed by atoms with E-state index in [1.54, 1.807) is 6.26 Å². The van der Waals surface area contributed by atoms with Gasteiger partial charge < -0.3 is 48.3 Å². The van der Waals surface area contributed by atoms with E-state index in [9.17, 15) is 29.1 Å². The third-order valence-electron chi connectivity index (χ3n) is 5.42. The summed E-state index contributed by atoms with van der Waals surface area (Å²) in [7, 11) is 0. The number of thioether (sulfide) groups is 1. The summed E-state index contributed by atoms with van der Waals surface area (Å²) in [4.78, 5) is 72.0. The molecule has 0 aromatic carbocycles. The van der Waals surface area contributed by atoms with Crippen molar-refractivity contribution in [3.05, 3.63) is 18.2 Å². The maximum atomic E-state index is 13.2. The number of rotatable bonds is 19. The van der Waals surface area contributed by atoms with Gasteiger partial charge in [-0.25, -0.2) is 9.78 Å². The Morgan fingerprint density at radius 3 is 2.21 bits per heavy atom. The van der Waals surface area contributed by atoms with Gasteiger partial charge in [0.05, 0.1) is 12.4 Å². The Morgan fingerprint density at radius 1 is 1.00 bits per heavy atom. The number of aliphatic carboxylic acids is 2. The van der Waals surface area contributed by atoms with E-state index in [4.69, 9.17) is 22.3 Å². The van der Waals surface area contributed by atoms with Crippen LogP contribution in [0.2, 0.25) is 0 Å². The van der Waals surface area contributed by atoms with E-state index >= 15 is 0 Å². The Balaban J connectivity index is 3.01. The number of imidazole rings is 1. The number of aliphatic imine (C=N–C) groups is 1. The molecular formula is C22H37N9O7S. The fraction of sp³-hybridized carbons (Fsp3) is 0.591. The van der Waals surface area contributed by atoms with Crippen molar-refractivity contribution in [1.82, 2.24) is 25.9 Å². The predicted molar refractivity (Wildman–Crippen MR) is 143 cm³/mol. The van der Waals surface area contributed by atoms with Gasteiger partial charge in [0.1, 0.15) is 18.1 Å². The predicted octanol–water partition coefficient (Wildman–Crippen LogP) is -2.51. The molecule has 17 heteroatoms. The van der Waals surface area contributed by atoms with Crippen molar-refractivity contribution >= 4 is 47.4 Å². The van der Waals surface area contributed by atoms with Crippen molar-refractivity contribution in [2.45, 2.75) is 62.7 Å². The standard InChI is InChI=1S/C22H37N9O7S/c1-39-8-6-15(21(37)38)30-20(36)16(9-12-10-26-11-28-12)31-19(35)14(4-5-17(32)33)29-18(34)13(23)3-2-7-27-22(24)25/h10-11,13-16H,2-9,23H2,1H3,(H,26,28)(H,29,34)(H,30,36)(H,31,35)(H,32,33)(H,37,38)(H4,24,25,27). The number of hydrogen-bond acceptors (Lipinski definition) is 9. The molecule has 0 saturated carbocycles. The third-order valence-corrected chi connectivity index (χ3v) is 6.07. The highest BCUT2D eigenvalue weighted by molar-refractivity contribution is 7.98. The van der Waals surface area contributed by atoms with Crippen LogP contribution >= 0.6 is 11.8 Å². The van der Waals surface area contributed by atoms with E-state index in [-0.39, 0.29) is 38.2 Å². The van der Waals surface area contributed by atoms with Gasteiger partial charge in [0.15, 0.2) is 5.96 Å². The number of H-pyrrole nitrogens is 1. The van der Waals surface area contributed by atoms with Crippen LogP contribution in [0, 0.1) is 0 Å². The summed E-state index contributed by atoms with van der Waals surface area (Å²) in [5.74, 6) is -4.38. The molecule has 1 aromatic rings. The Hall–Kier alpha value is -3.86. The summed E-state index contributed by atoms with van der Waals surface area (Å²) in [5.41, 5.74) is 16.9. The molecule has 0 radical (unpaired) electrons. The van der Waals surface area contributed by atoms with Gasteiger partial charge in [-0.05, 0) is 37.7 Å². The molecule has 39 heavy (non-hydrogen) atoms. The molecule has 0 saturated heterocycles. The zero-order valence-corrected chi connectivity index (χ0v) is 22.4. The van der Waals surface area contributed by atoms with Crippen LogP contribution < -0.4 is 33.2 Å². The Kier molecular flexibility index (Phi) is 15.0. The van der Waals surface area contributed by atoms with Crippen LogP contribution in [0.1, 0.15) is 37.8 Å². The largest absolute Gasteiger partial charge is 0.481 e. The van der Waals surface area contributed by atoms with Gasteiger partial charge in [0.2, 0.25) is 17.7 Å². The number of amides is 3. The van der Waals surface area contributed by atoms with Crippen LogP contribution in [0.25, 0.3) is 0 Å². The Labute approximate surface area is 229 Å². The number of carbonyl (C=O) groups excluding carboxylic acids is 3. The van der Waals surface area contributed by atoms with Gasteiger partial charge in [0, 0.05) is 31.3 Å². The molecule has 3 amide bonds. The molecule has 0 spiro atoms. The maximum absolute atomic E-state index is 13.2. The lowest BCUT2D eigenvalue weighted by Crippen LogP contribution is -2.57. The molecule has 218 valence electrons. The number of carboxylic acids is 2. The fourth-order valence-electron chi connectivity index (χ4n) is 3.33. The van der Waals surface area contributed by atoms with E-state index < -0.39 is 60.2 Å². The molecule has 0 bridgehead atoms. The van der Waals surface area contributed by atoms with Crippen LogP contribution in [-0.2, 0) is 30.4 Å². The van der Waals surface area contributed by atoms with Gasteiger partial charge in [-0.2, -0.15) is 11.8 Å². The number of aromatic nitrogens is 2. The molecule has 1 heterocycles. The van der Waals surface area contributed by atoms with Crippen LogP contribution in [0.4, 0.5) is 0 Å². The normalized spacial score (nSPS) is 13.8. The Morgan fingerprint density at radius 2 is 1.64 bits per heavy atom. The number of nitrogens with one attached hydrogen (secondary N) is 4. The smallest absolute Gasteiger partial charge is 0.326 e. The van der Waals surface area contributed by atoms with Crippen LogP contribution in [-0.4, -0.2) is 98.5 Å². The number of aromatic amines is 1. The molecular weight excluding hydrogens is 534 g/mol. The van der Waals surface area contributed by atoms with Crippen LogP contribution in [0.15, 0.2) is 17.5 Å². The van der Waals surface area contributed by atoms with Gasteiger partial charge in [-0.1, -0.05) is 0 Å². The summed E-state index contributed by atoms with van der Waals surface area (Å²) in [6.07, 6.45) is 4.52. The number of nitrogens with two attached hydrogens (primary N) is 3. The molecule has 4 atom stereocenters. The molecule has 0 aliphatic carbocycles. The molecule has 0 aliphatic heterocycles. The zero-order chi connectivity index (χ0) is 29.4. The van der Waals surface area contributed by atoms with E-state index in [1.807, 2.05) is 0 Å². The maximum Gasteiger partial charge on any atom is 0.326 e. The second-order valence-corrected chi connectivity index (χ2v) is 9.56. The van der Waals surface area contributed by atoms with Gasteiger partial charge >= 0.3 is 11.9 Å². The first kappa shape index (κ1) is 33.2. The zero-order valence-electron chi connectivity index (χ0n) is 21.6. The first-order chi connectivity index (χ1) is 18.4. The minimum atomic E-state index is -1.33. The highest BCUT2D eigenvalue weighted by Gasteiger charge is 2.31. The first-order valence-electron chi connectivity index (χ1n) is 12.1. The Bertz CT molecular complexity index is 987. The number of carbonyl (C=O) groups is 5. The molecule has 0 aliphatic rings. The second kappa shape index (κ2) is 17.6. The summed E-state index contributed by atoms with van der Waals surface area (Å²) < 4.78 is 0. The molecule has 1 aromatic heterocycles. The summed E-state index contributed by atoms with van der Waals surface area (Å²) in [6.45, 7) is 0.241. The number of guanidine groups is 1. The highest BCUT2D eigenvalue weighted by atomic mass is 32.2. The topological polar surface area (TPSA) is 281 Å². The molecule has 12 N–H and O–H groups in total. The minimum absolute atomic E-state index is 0.0731. The SMILES string of the molecule is CSCCC(NC(=O)C(Cc1cnc[nH]1)NC(=O)C(CCC(=O)O)NC(=O)C(N)CCCN=C(N)N)C(=O)O. The lowest BCUT2D eigenvalue weighted by atomic mass is 10.1. The van der Waals surface area contributed by atoms with Gasteiger partial charge in [-0.15, -0.1) is 0 Å². The fourth-order valence-corrected chi connectivity index (χ4v) is 3.80. The lowest BCUT2D eigenvalue weighted by Gasteiger charge is -2.25. The summed E-state index contributed by atoms with van der Waals surface area (Å²) >= 11 is 1.41. The number of carboxylic acid groups (broad SMARTS) is 2. The van der Waals surface area contributed by atoms with Crippen molar-refractivity contribution in [3.63, 3.8) is 0 Å². The van der Waals surface area contributed by atoms with Crippen molar-refractivity contribution in [2.24, 2.45) is 22.2 Å². The molecule has 0 fully saturated rings. The second-order valence-electron chi connectivity index (χ2n) is 8.57. The van der Waals surface area contributed by atoms with Crippen molar-refractivity contribution < 1.29 is 34.2 Å². The highest BCUT2D eigenvalue weighted by Crippen LogP contribution is 2.07. The van der Waals surface area contributed by atoms with Gasteiger partial charge in [0.25, 0.3) is 0 Å². The van der Waals surface area contributed by atoms with E-state index in [1.165, 1.54) is 24.3 Å².